The molecule has 0 aromatic carbocycles. The monoisotopic (exact) mass is 532 g/mol. The number of primary amides is 1. The van der Waals surface area contributed by atoms with E-state index >= 15 is 0 Å². The van der Waals surface area contributed by atoms with Crippen LogP contribution < -0.4 is 38.9 Å². The predicted molar refractivity (Wildman–Crippen MR) is 138 cm³/mol. The van der Waals surface area contributed by atoms with Crippen molar-refractivity contribution in [2.75, 3.05) is 18.6 Å². The number of nitrogens with one attached hydrogen (secondary N) is 3. The van der Waals surface area contributed by atoms with Crippen LogP contribution in [0, 0.1) is 5.92 Å². The topological polar surface area (TPSA) is 258 Å². The molecule has 0 spiro atoms. The number of aliphatic imine (C=N–C) groups is 1. The first-order chi connectivity index (χ1) is 16.8. The Balaban J connectivity index is 5.42. The molecule has 0 bridgehead atoms. The van der Waals surface area contributed by atoms with Gasteiger partial charge in [0.2, 0.25) is 23.6 Å². The molecular formula is C21H40N8O6S. The van der Waals surface area contributed by atoms with Crippen LogP contribution in [0.4, 0.5) is 0 Å². The minimum atomic E-state index is -1.43. The molecule has 12 N–H and O–H groups in total. The first-order valence-corrected chi connectivity index (χ1v) is 12.9. The molecule has 14 nitrogen and oxygen atoms in total. The summed E-state index contributed by atoms with van der Waals surface area (Å²) >= 11 is 1.44. The highest BCUT2D eigenvalue weighted by Gasteiger charge is 2.32. The number of rotatable bonds is 18. The van der Waals surface area contributed by atoms with E-state index < -0.39 is 66.1 Å². The Bertz CT molecular complexity index is 792. The SMILES string of the molecule is CCC(C)C(NC(=O)C(CC(N)=O)NC(=O)C(CCSC)NC(=O)C(N)CCCN=C(N)N)C(=O)O. The molecule has 0 aromatic heterocycles. The van der Waals surface area contributed by atoms with E-state index in [9.17, 15) is 29.1 Å². The molecule has 36 heavy (non-hydrogen) atoms. The second-order valence-corrected chi connectivity index (χ2v) is 9.33. The van der Waals surface area contributed by atoms with Crippen molar-refractivity contribution in [3.63, 3.8) is 0 Å². The highest BCUT2D eigenvalue weighted by molar-refractivity contribution is 7.98. The van der Waals surface area contributed by atoms with E-state index in [1.54, 1.807) is 13.8 Å². The lowest BCUT2D eigenvalue weighted by molar-refractivity contribution is -0.144. The second-order valence-electron chi connectivity index (χ2n) is 8.34. The fraction of sp³-hybridized carbons (Fsp3) is 0.714. The van der Waals surface area contributed by atoms with E-state index in [1.165, 1.54) is 11.8 Å². The number of aliphatic carboxylic acids is 1. The van der Waals surface area contributed by atoms with Crippen molar-refractivity contribution in [2.24, 2.45) is 33.8 Å². The largest absolute Gasteiger partial charge is 0.480 e. The number of guanidine groups is 1. The van der Waals surface area contributed by atoms with Crippen LogP contribution in [0.2, 0.25) is 0 Å². The van der Waals surface area contributed by atoms with Crippen LogP contribution >= 0.6 is 11.8 Å². The first kappa shape index (κ1) is 32.9. The molecule has 0 radical (unpaired) electrons. The zero-order valence-electron chi connectivity index (χ0n) is 21.0. The zero-order valence-corrected chi connectivity index (χ0v) is 21.8. The Morgan fingerprint density at radius 1 is 0.944 bits per heavy atom. The number of thioether (sulfide) groups is 1. The maximum absolute atomic E-state index is 13.0. The summed E-state index contributed by atoms with van der Waals surface area (Å²) in [7, 11) is 0. The van der Waals surface area contributed by atoms with E-state index in [4.69, 9.17) is 22.9 Å². The molecule has 0 aliphatic carbocycles. The van der Waals surface area contributed by atoms with Crippen molar-refractivity contribution in [3.8, 4) is 0 Å². The van der Waals surface area contributed by atoms with Gasteiger partial charge in [0, 0.05) is 6.54 Å². The third-order valence-electron chi connectivity index (χ3n) is 5.36. The maximum atomic E-state index is 13.0. The van der Waals surface area contributed by atoms with Crippen LogP contribution in [0.3, 0.4) is 0 Å². The minimum Gasteiger partial charge on any atom is -0.480 e. The van der Waals surface area contributed by atoms with Gasteiger partial charge in [-0.05, 0) is 37.2 Å². The lowest BCUT2D eigenvalue weighted by atomic mass is 9.98. The van der Waals surface area contributed by atoms with Crippen LogP contribution in [0.15, 0.2) is 4.99 Å². The zero-order chi connectivity index (χ0) is 27.8. The number of carbonyl (C=O) groups is 5. The Kier molecular flexibility index (Phi) is 15.9. The third kappa shape index (κ3) is 13.1. The summed E-state index contributed by atoms with van der Waals surface area (Å²) in [6, 6.07) is -4.64. The molecular weight excluding hydrogens is 492 g/mol. The summed E-state index contributed by atoms with van der Waals surface area (Å²) in [5.74, 6) is -4.30. The molecule has 206 valence electrons. The van der Waals surface area contributed by atoms with Crippen LogP contribution in [0.1, 0.15) is 46.0 Å². The van der Waals surface area contributed by atoms with E-state index in [1.807, 2.05) is 6.26 Å². The Morgan fingerprint density at radius 3 is 2.03 bits per heavy atom. The van der Waals surface area contributed by atoms with Gasteiger partial charge in [0.15, 0.2) is 5.96 Å². The molecule has 0 rings (SSSR count). The minimum absolute atomic E-state index is 0.0739. The molecule has 0 fully saturated rings. The smallest absolute Gasteiger partial charge is 0.326 e. The number of carbonyl (C=O) groups excluding carboxylic acids is 4. The van der Waals surface area contributed by atoms with Gasteiger partial charge >= 0.3 is 5.97 Å². The number of nitrogens with zero attached hydrogens (tertiary/aromatic N) is 1. The van der Waals surface area contributed by atoms with Gasteiger partial charge in [-0.15, -0.1) is 0 Å². The van der Waals surface area contributed by atoms with Gasteiger partial charge in [-0.25, -0.2) is 4.79 Å². The number of hydrogen-bond donors (Lipinski definition) is 8. The molecule has 0 saturated heterocycles. The third-order valence-corrected chi connectivity index (χ3v) is 6.01. The highest BCUT2D eigenvalue weighted by atomic mass is 32.2. The molecule has 15 heteroatoms. The fourth-order valence-electron chi connectivity index (χ4n) is 3.05. The normalized spacial score (nSPS) is 14.9. The van der Waals surface area contributed by atoms with Gasteiger partial charge in [0.05, 0.1) is 12.5 Å². The molecule has 0 aliphatic rings. The van der Waals surface area contributed by atoms with Crippen LogP contribution in [-0.4, -0.2) is 83.4 Å². The summed E-state index contributed by atoms with van der Waals surface area (Å²) in [6.07, 6.45) is 2.65. The van der Waals surface area contributed by atoms with Crippen molar-refractivity contribution in [1.82, 2.24) is 16.0 Å². The summed E-state index contributed by atoms with van der Waals surface area (Å²) in [5.41, 5.74) is 21.7. The summed E-state index contributed by atoms with van der Waals surface area (Å²) in [6.45, 7) is 3.70. The van der Waals surface area contributed by atoms with E-state index in [0.29, 0.717) is 18.6 Å². The quantitative estimate of drug-likeness (QED) is 0.0526. The summed E-state index contributed by atoms with van der Waals surface area (Å²) < 4.78 is 0. The number of carboxylic acids is 1. The predicted octanol–water partition coefficient (Wildman–Crippen LogP) is -2.42. The van der Waals surface area contributed by atoms with Gasteiger partial charge < -0.3 is 44.0 Å². The standard InChI is InChI=1S/C21H40N8O6S/c1-4-11(2)16(20(34)35)29-19(33)14(10-15(23)30)28-18(32)13(7-9-36-3)27-17(31)12(22)6-5-8-26-21(24)25/h11-14,16H,4-10,22H2,1-3H3,(H2,23,30)(H,27,31)(H,28,32)(H,29,33)(H,34,35)(H4,24,25,26). The molecule has 4 amide bonds. The van der Waals surface area contributed by atoms with E-state index in [2.05, 4.69) is 20.9 Å². The Morgan fingerprint density at radius 2 is 1.53 bits per heavy atom. The summed E-state index contributed by atoms with van der Waals surface area (Å²) in [4.78, 5) is 65.2. The molecule has 5 atom stereocenters. The van der Waals surface area contributed by atoms with Crippen molar-refractivity contribution in [1.29, 1.82) is 0 Å². The van der Waals surface area contributed by atoms with Crippen molar-refractivity contribution in [2.45, 2.75) is 70.1 Å². The lowest BCUT2D eigenvalue weighted by Gasteiger charge is -2.26. The first-order valence-electron chi connectivity index (χ1n) is 11.6. The Labute approximate surface area is 215 Å². The molecule has 0 saturated carbocycles. The molecule has 0 aromatic rings. The average Bonchev–Trinajstić information content (AvgIpc) is 2.80. The molecule has 5 unspecified atom stereocenters. The highest BCUT2D eigenvalue weighted by Crippen LogP contribution is 2.09. The van der Waals surface area contributed by atoms with E-state index in [0.717, 1.165) is 0 Å². The van der Waals surface area contributed by atoms with Crippen LogP contribution in [-0.2, 0) is 24.0 Å². The maximum Gasteiger partial charge on any atom is 0.326 e. The number of amides is 4. The molecule has 0 heterocycles. The van der Waals surface area contributed by atoms with E-state index in [-0.39, 0.29) is 25.3 Å². The fourth-order valence-corrected chi connectivity index (χ4v) is 3.52. The number of carboxylic acid groups (broad SMARTS) is 1. The number of hydrogen-bond acceptors (Lipinski definition) is 8. The van der Waals surface area contributed by atoms with Crippen molar-refractivity contribution in [3.05, 3.63) is 0 Å². The van der Waals surface area contributed by atoms with Crippen LogP contribution in [0.25, 0.3) is 0 Å². The van der Waals surface area contributed by atoms with Gasteiger partial charge in [-0.1, -0.05) is 20.3 Å². The average molecular weight is 533 g/mol. The van der Waals surface area contributed by atoms with Crippen LogP contribution in [0.5, 0.6) is 0 Å². The number of nitrogens with two attached hydrogens (primary N) is 4. The lowest BCUT2D eigenvalue weighted by Crippen LogP contribution is -2.58. The van der Waals surface area contributed by atoms with Crippen molar-refractivity contribution < 1.29 is 29.1 Å². The second kappa shape index (κ2) is 17.4. The van der Waals surface area contributed by atoms with Gasteiger partial charge in [0.25, 0.3) is 0 Å². The van der Waals surface area contributed by atoms with Gasteiger partial charge in [-0.3, -0.25) is 24.2 Å². The Hall–Kier alpha value is -3.07. The molecule has 0 aliphatic heterocycles. The summed E-state index contributed by atoms with van der Waals surface area (Å²) in [5, 5.41) is 16.8. The van der Waals surface area contributed by atoms with Crippen molar-refractivity contribution >= 4 is 47.3 Å². The van der Waals surface area contributed by atoms with Gasteiger partial charge in [-0.2, -0.15) is 11.8 Å². The van der Waals surface area contributed by atoms with Gasteiger partial charge in [0.1, 0.15) is 18.1 Å².